The zero-order chi connectivity index (χ0) is 18.6. The number of carbonyl (C=O) groups is 2. The Bertz CT molecular complexity index is 635. The van der Waals surface area contributed by atoms with Crippen molar-refractivity contribution >= 4 is 12.1 Å². The van der Waals surface area contributed by atoms with Crippen LogP contribution >= 0.6 is 0 Å². The molecule has 1 fully saturated rings. The Morgan fingerprint density at radius 2 is 2.04 bits per heavy atom. The van der Waals surface area contributed by atoms with E-state index in [0.717, 1.165) is 24.0 Å². The summed E-state index contributed by atoms with van der Waals surface area (Å²) in [7, 11) is 1.35. The van der Waals surface area contributed by atoms with Crippen LogP contribution in [-0.2, 0) is 20.7 Å². The molecule has 25 heavy (non-hydrogen) atoms. The van der Waals surface area contributed by atoms with Crippen molar-refractivity contribution in [2.24, 2.45) is 0 Å². The number of aromatic hydroxyl groups is 1. The number of ether oxygens (including phenoxy) is 2. The van der Waals surface area contributed by atoms with Crippen LogP contribution in [0.4, 0.5) is 4.79 Å². The number of amides is 1. The number of benzene rings is 1. The third-order valence-electron chi connectivity index (χ3n) is 4.18. The van der Waals surface area contributed by atoms with Gasteiger partial charge < -0.3 is 19.5 Å². The largest absolute Gasteiger partial charge is 0.508 e. The molecule has 0 aliphatic carbocycles. The highest BCUT2D eigenvalue weighted by molar-refractivity contribution is 5.72. The molecule has 1 aromatic carbocycles. The fraction of sp³-hybridized carbons (Fsp3) is 0.579. The van der Waals surface area contributed by atoms with Gasteiger partial charge in [0, 0.05) is 19.0 Å². The first-order valence-electron chi connectivity index (χ1n) is 8.56. The number of piperidine rings is 1. The molecule has 6 heteroatoms. The molecule has 1 N–H and O–H groups in total. The fourth-order valence-corrected chi connectivity index (χ4v) is 3.00. The summed E-state index contributed by atoms with van der Waals surface area (Å²) in [6.07, 6.45) is 1.54. The maximum atomic E-state index is 12.3. The molecule has 0 bridgehead atoms. The molecular formula is C19H27NO5. The Labute approximate surface area is 148 Å². The minimum Gasteiger partial charge on any atom is -0.508 e. The Morgan fingerprint density at radius 1 is 1.32 bits per heavy atom. The number of likely N-dealkylation sites (tertiary alicyclic amines) is 1. The maximum Gasteiger partial charge on any atom is 0.410 e. The van der Waals surface area contributed by atoms with E-state index in [9.17, 15) is 14.7 Å². The molecule has 0 aromatic heterocycles. The van der Waals surface area contributed by atoms with Crippen LogP contribution < -0.4 is 0 Å². The topological polar surface area (TPSA) is 76.1 Å². The zero-order valence-corrected chi connectivity index (χ0v) is 15.4. The number of phenols is 1. The standard InChI is InChI=1S/C19H27NO5/c1-19(2,3)25-18(23)20-9-5-6-14(12-20)15-10-13(7-8-16(15)21)11-17(22)24-4/h7-8,10,14,21H,5-6,9,11-12H2,1-4H3. The molecule has 6 nitrogen and oxygen atoms in total. The van der Waals surface area contributed by atoms with E-state index in [-0.39, 0.29) is 30.2 Å². The van der Waals surface area contributed by atoms with Gasteiger partial charge in [-0.05, 0) is 50.8 Å². The van der Waals surface area contributed by atoms with E-state index in [1.54, 1.807) is 17.0 Å². The van der Waals surface area contributed by atoms with E-state index < -0.39 is 5.60 Å². The number of carbonyl (C=O) groups excluding carboxylic acids is 2. The van der Waals surface area contributed by atoms with Crippen LogP contribution in [0.25, 0.3) is 0 Å². The van der Waals surface area contributed by atoms with E-state index in [1.165, 1.54) is 7.11 Å². The number of hydrogen-bond donors (Lipinski definition) is 1. The van der Waals surface area contributed by atoms with Crippen molar-refractivity contribution < 1.29 is 24.2 Å². The summed E-state index contributed by atoms with van der Waals surface area (Å²) in [5.41, 5.74) is 1.01. The highest BCUT2D eigenvalue weighted by Crippen LogP contribution is 2.34. The van der Waals surface area contributed by atoms with Gasteiger partial charge in [0.05, 0.1) is 13.5 Å². The van der Waals surface area contributed by atoms with Crippen LogP contribution in [0.2, 0.25) is 0 Å². The maximum absolute atomic E-state index is 12.3. The van der Waals surface area contributed by atoms with Crippen molar-refractivity contribution in [1.82, 2.24) is 4.90 Å². The first kappa shape index (κ1) is 19.1. The van der Waals surface area contributed by atoms with Crippen molar-refractivity contribution in [2.45, 2.75) is 51.6 Å². The monoisotopic (exact) mass is 349 g/mol. The molecule has 0 saturated carbocycles. The number of nitrogens with zero attached hydrogens (tertiary/aromatic N) is 1. The Hall–Kier alpha value is -2.24. The number of methoxy groups -OCH3 is 1. The number of hydrogen-bond acceptors (Lipinski definition) is 5. The zero-order valence-electron chi connectivity index (χ0n) is 15.4. The smallest absolute Gasteiger partial charge is 0.410 e. The summed E-state index contributed by atoms with van der Waals surface area (Å²) in [5, 5.41) is 10.2. The molecule has 0 spiro atoms. The molecular weight excluding hydrogens is 322 g/mol. The second-order valence-electron chi connectivity index (χ2n) is 7.41. The van der Waals surface area contributed by atoms with Gasteiger partial charge in [-0.15, -0.1) is 0 Å². The predicted octanol–water partition coefficient (Wildman–Crippen LogP) is 3.22. The van der Waals surface area contributed by atoms with E-state index in [0.29, 0.717) is 13.1 Å². The SMILES string of the molecule is COC(=O)Cc1ccc(O)c(C2CCCN(C(=O)OC(C)(C)C)C2)c1. The lowest BCUT2D eigenvalue weighted by atomic mass is 9.89. The first-order chi connectivity index (χ1) is 11.7. The molecule has 1 saturated heterocycles. The molecule has 1 aliphatic rings. The van der Waals surface area contributed by atoms with Gasteiger partial charge in [0.1, 0.15) is 11.4 Å². The van der Waals surface area contributed by atoms with Gasteiger partial charge in [0.2, 0.25) is 0 Å². The predicted molar refractivity (Wildman–Crippen MR) is 93.6 cm³/mol. The first-order valence-corrected chi connectivity index (χ1v) is 8.56. The van der Waals surface area contributed by atoms with E-state index in [1.807, 2.05) is 26.8 Å². The molecule has 1 unspecified atom stereocenters. The number of rotatable bonds is 3. The van der Waals surface area contributed by atoms with Crippen molar-refractivity contribution in [2.75, 3.05) is 20.2 Å². The van der Waals surface area contributed by atoms with Crippen LogP contribution in [0.3, 0.4) is 0 Å². The van der Waals surface area contributed by atoms with Crippen molar-refractivity contribution in [1.29, 1.82) is 0 Å². The number of esters is 1. The van der Waals surface area contributed by atoms with Gasteiger partial charge in [-0.1, -0.05) is 12.1 Å². The van der Waals surface area contributed by atoms with Gasteiger partial charge >= 0.3 is 12.1 Å². The van der Waals surface area contributed by atoms with Crippen LogP contribution in [0.1, 0.15) is 50.7 Å². The van der Waals surface area contributed by atoms with Crippen LogP contribution in [0, 0.1) is 0 Å². The molecule has 2 rings (SSSR count). The van der Waals surface area contributed by atoms with Gasteiger partial charge in [0.25, 0.3) is 0 Å². The van der Waals surface area contributed by atoms with Crippen LogP contribution in [-0.4, -0.2) is 47.9 Å². The van der Waals surface area contributed by atoms with Crippen LogP contribution in [0.5, 0.6) is 5.75 Å². The average Bonchev–Trinajstić information content (AvgIpc) is 2.55. The average molecular weight is 349 g/mol. The Morgan fingerprint density at radius 3 is 2.68 bits per heavy atom. The van der Waals surface area contributed by atoms with Crippen molar-refractivity contribution in [3.63, 3.8) is 0 Å². The normalized spacial score (nSPS) is 17.9. The Kier molecular flexibility index (Phi) is 5.93. The lowest BCUT2D eigenvalue weighted by molar-refractivity contribution is -0.139. The summed E-state index contributed by atoms with van der Waals surface area (Å²) in [5.74, 6) is -0.126. The highest BCUT2D eigenvalue weighted by atomic mass is 16.6. The van der Waals surface area contributed by atoms with Gasteiger partial charge in [0.15, 0.2) is 0 Å². The van der Waals surface area contributed by atoms with E-state index in [2.05, 4.69) is 0 Å². The molecule has 1 aromatic rings. The lowest BCUT2D eigenvalue weighted by Crippen LogP contribution is -2.42. The minimum absolute atomic E-state index is 0.0128. The van der Waals surface area contributed by atoms with Gasteiger partial charge in [-0.25, -0.2) is 4.79 Å². The summed E-state index contributed by atoms with van der Waals surface area (Å²) in [6.45, 7) is 6.66. The van der Waals surface area contributed by atoms with E-state index >= 15 is 0 Å². The summed E-state index contributed by atoms with van der Waals surface area (Å²) in [6, 6.07) is 5.14. The summed E-state index contributed by atoms with van der Waals surface area (Å²) < 4.78 is 10.1. The molecule has 1 aliphatic heterocycles. The summed E-state index contributed by atoms with van der Waals surface area (Å²) >= 11 is 0. The minimum atomic E-state index is -0.535. The highest BCUT2D eigenvalue weighted by Gasteiger charge is 2.29. The second-order valence-corrected chi connectivity index (χ2v) is 7.41. The van der Waals surface area contributed by atoms with E-state index in [4.69, 9.17) is 9.47 Å². The molecule has 138 valence electrons. The van der Waals surface area contributed by atoms with Gasteiger partial charge in [-0.3, -0.25) is 4.79 Å². The quantitative estimate of drug-likeness (QED) is 0.848. The van der Waals surface area contributed by atoms with Crippen molar-refractivity contribution in [3.05, 3.63) is 29.3 Å². The van der Waals surface area contributed by atoms with Gasteiger partial charge in [-0.2, -0.15) is 0 Å². The summed E-state index contributed by atoms with van der Waals surface area (Å²) in [4.78, 5) is 25.5. The third kappa shape index (κ3) is 5.37. The second kappa shape index (κ2) is 7.76. The molecule has 1 atom stereocenters. The molecule has 1 amide bonds. The molecule has 0 radical (unpaired) electrons. The van der Waals surface area contributed by atoms with Crippen molar-refractivity contribution in [3.8, 4) is 5.75 Å². The number of phenolic OH excluding ortho intramolecular Hbond substituents is 1. The van der Waals surface area contributed by atoms with Crippen LogP contribution in [0.15, 0.2) is 18.2 Å². The fourth-order valence-electron chi connectivity index (χ4n) is 3.00. The Balaban J connectivity index is 2.13. The lowest BCUT2D eigenvalue weighted by Gasteiger charge is -2.34. The third-order valence-corrected chi connectivity index (χ3v) is 4.18. The molecule has 1 heterocycles.